The predicted molar refractivity (Wildman–Crippen MR) is 362 cm³/mol. The lowest BCUT2D eigenvalue weighted by atomic mass is 9.34. The summed E-state index contributed by atoms with van der Waals surface area (Å²) in [5.74, 6) is 1.75. The fraction of sp³-hybridized carbons (Fsp3) is 0. The van der Waals surface area contributed by atoms with Gasteiger partial charge in [0.05, 0.1) is 11.0 Å². The number of nitrogens with zero attached hydrogens (tertiary/aromatic N) is 5. The molecule has 0 saturated carbocycles. The zero-order valence-electron chi connectivity index (χ0n) is 47.2. The van der Waals surface area contributed by atoms with E-state index in [0.29, 0.717) is 17.5 Å². The summed E-state index contributed by atoms with van der Waals surface area (Å²) in [5, 5.41) is 4.89. The molecule has 402 valence electrons. The van der Waals surface area contributed by atoms with E-state index in [4.69, 9.17) is 15.0 Å². The van der Waals surface area contributed by atoms with Crippen LogP contribution in [-0.2, 0) is 0 Å². The van der Waals surface area contributed by atoms with Gasteiger partial charge in [0.2, 0.25) is 0 Å². The smallest absolute Gasteiger partial charge is 0.252 e. The second-order valence-electron chi connectivity index (χ2n) is 23.1. The molecule has 3 aromatic heterocycles. The Morgan fingerprint density at radius 2 is 0.517 bits per heavy atom. The van der Waals surface area contributed by atoms with Crippen LogP contribution in [0.5, 0.6) is 0 Å². The molecule has 87 heavy (non-hydrogen) atoms. The van der Waals surface area contributed by atoms with Crippen molar-refractivity contribution < 1.29 is 0 Å². The molecule has 0 saturated heterocycles. The van der Waals surface area contributed by atoms with Crippen LogP contribution in [0.15, 0.2) is 303 Å². The van der Waals surface area contributed by atoms with Gasteiger partial charge >= 0.3 is 0 Å². The van der Waals surface area contributed by atoms with Gasteiger partial charge in [-0.25, -0.2) is 15.0 Å². The van der Waals surface area contributed by atoms with Gasteiger partial charge in [0.25, 0.3) is 6.71 Å². The molecule has 0 N–H and O–H groups in total. The van der Waals surface area contributed by atoms with Crippen LogP contribution in [0.2, 0.25) is 0 Å². The molecule has 0 amide bonds. The third kappa shape index (κ3) is 7.92. The minimum atomic E-state index is -0.0639. The van der Waals surface area contributed by atoms with Crippen LogP contribution in [0.1, 0.15) is 0 Å². The van der Waals surface area contributed by atoms with Gasteiger partial charge < -0.3 is 9.13 Å². The highest BCUT2D eigenvalue weighted by Gasteiger charge is 2.41. The van der Waals surface area contributed by atoms with Crippen molar-refractivity contribution >= 4 is 66.7 Å². The molecule has 6 heteroatoms. The van der Waals surface area contributed by atoms with Crippen LogP contribution in [0.3, 0.4) is 0 Å². The average Bonchev–Trinajstić information content (AvgIpc) is 1.63. The molecule has 0 atom stereocenters. The first kappa shape index (κ1) is 49.0. The summed E-state index contributed by atoms with van der Waals surface area (Å²) in [7, 11) is 0. The molecule has 13 aromatic carbocycles. The van der Waals surface area contributed by atoms with E-state index in [2.05, 4.69) is 312 Å². The number of hydrogen-bond acceptors (Lipinski definition) is 3. The van der Waals surface area contributed by atoms with Crippen LogP contribution in [-0.4, -0.2) is 30.8 Å². The summed E-state index contributed by atoms with van der Waals surface area (Å²) in [5.41, 5.74) is 27.0. The second kappa shape index (κ2) is 19.6. The molecule has 5 nitrogen and oxygen atoms in total. The molecule has 0 spiro atoms. The molecule has 0 bridgehead atoms. The largest absolute Gasteiger partial charge is 0.310 e. The molecule has 0 unspecified atom stereocenters. The highest BCUT2D eigenvalue weighted by molar-refractivity contribution is 7.00. The summed E-state index contributed by atoms with van der Waals surface area (Å²) < 4.78 is 5.10. The zero-order valence-corrected chi connectivity index (χ0v) is 47.2. The second-order valence-corrected chi connectivity index (χ2v) is 23.1. The van der Waals surface area contributed by atoms with Crippen LogP contribution < -0.4 is 16.4 Å². The number of fused-ring (bicyclic) bond motifs is 10. The van der Waals surface area contributed by atoms with Gasteiger partial charge in [-0.3, -0.25) is 0 Å². The molecule has 5 heterocycles. The summed E-state index contributed by atoms with van der Waals surface area (Å²) in [4.78, 5) is 17.1. The molecular formula is C81H50BN5. The highest BCUT2D eigenvalue weighted by Crippen LogP contribution is 2.44. The number of hydrogen-bond donors (Lipinski definition) is 0. The molecule has 0 radical (unpaired) electrons. The van der Waals surface area contributed by atoms with Gasteiger partial charge in [-0.05, 0) is 156 Å². The Morgan fingerprint density at radius 3 is 0.851 bits per heavy atom. The SMILES string of the molecule is c1ccc(-c2cc(-c3ccccc3)cc(-c3nc(-c4cc(-c5ccccc5)cc(-c5ccccc5)c4)nc(-c4cc5c6c(c4)-n4c7ccc(-c8ccccc8)cc7c7cccc(c74)B6c4cccc6c7cc(-c8ccccc8)ccc7n-5c46)n3)c2)cc1. The molecule has 16 aromatic rings. The monoisotopic (exact) mass is 1100 g/mol. The lowest BCUT2D eigenvalue weighted by molar-refractivity contribution is 1.07. The Morgan fingerprint density at radius 1 is 0.218 bits per heavy atom. The van der Waals surface area contributed by atoms with Crippen molar-refractivity contribution in [1.29, 1.82) is 0 Å². The van der Waals surface area contributed by atoms with Crippen LogP contribution in [0.25, 0.3) is 156 Å². The van der Waals surface area contributed by atoms with Crippen molar-refractivity contribution in [3.63, 3.8) is 0 Å². The fourth-order valence-electron chi connectivity index (χ4n) is 14.1. The molecule has 2 aliphatic rings. The summed E-state index contributed by atoms with van der Waals surface area (Å²) in [6.45, 7) is -0.0639. The molecule has 18 rings (SSSR count). The molecule has 0 fully saturated rings. The summed E-state index contributed by atoms with van der Waals surface area (Å²) in [6.07, 6.45) is 0. The maximum atomic E-state index is 5.73. The van der Waals surface area contributed by atoms with E-state index < -0.39 is 0 Å². The van der Waals surface area contributed by atoms with Crippen molar-refractivity contribution in [2.75, 3.05) is 0 Å². The maximum Gasteiger partial charge on any atom is 0.252 e. The van der Waals surface area contributed by atoms with E-state index >= 15 is 0 Å². The number of rotatable bonds is 9. The first-order valence-corrected chi connectivity index (χ1v) is 29.8. The lowest BCUT2D eigenvalue weighted by Crippen LogP contribution is -2.59. The topological polar surface area (TPSA) is 48.5 Å². The third-order valence-electron chi connectivity index (χ3n) is 18.1. The normalized spacial score (nSPS) is 12.1. The summed E-state index contributed by atoms with van der Waals surface area (Å²) >= 11 is 0. The molecular weight excluding hydrogens is 1050 g/mol. The van der Waals surface area contributed by atoms with Crippen LogP contribution in [0, 0.1) is 0 Å². The Hall–Kier alpha value is -11.5. The van der Waals surface area contributed by atoms with E-state index in [1.54, 1.807) is 0 Å². The Bertz CT molecular complexity index is 4980. The van der Waals surface area contributed by atoms with E-state index in [1.165, 1.54) is 71.2 Å². The highest BCUT2D eigenvalue weighted by atomic mass is 15.1. The number of para-hydroxylation sites is 2. The number of benzene rings is 13. The van der Waals surface area contributed by atoms with Crippen molar-refractivity contribution in [2.45, 2.75) is 0 Å². The quantitative estimate of drug-likeness (QED) is 0.135. The van der Waals surface area contributed by atoms with E-state index in [9.17, 15) is 0 Å². The minimum absolute atomic E-state index is 0.0639. The van der Waals surface area contributed by atoms with Gasteiger partial charge in [-0.15, -0.1) is 0 Å². The zero-order chi connectivity index (χ0) is 57.1. The van der Waals surface area contributed by atoms with Gasteiger partial charge in [0, 0.05) is 60.6 Å². The van der Waals surface area contributed by atoms with E-state index in [0.717, 1.165) is 83.6 Å². The first-order valence-electron chi connectivity index (χ1n) is 29.8. The van der Waals surface area contributed by atoms with E-state index in [1.807, 2.05) is 0 Å². The minimum Gasteiger partial charge on any atom is -0.310 e. The van der Waals surface area contributed by atoms with Crippen molar-refractivity contribution in [3.8, 4) is 112 Å². The third-order valence-corrected chi connectivity index (χ3v) is 18.1. The van der Waals surface area contributed by atoms with Crippen molar-refractivity contribution in [2.24, 2.45) is 0 Å². The molecule has 0 aliphatic carbocycles. The summed E-state index contributed by atoms with van der Waals surface area (Å²) in [6, 6.07) is 110. The van der Waals surface area contributed by atoms with Gasteiger partial charge in [0.1, 0.15) is 0 Å². The van der Waals surface area contributed by atoms with Gasteiger partial charge in [-0.1, -0.05) is 231 Å². The fourth-order valence-corrected chi connectivity index (χ4v) is 14.1. The van der Waals surface area contributed by atoms with Gasteiger partial charge in [-0.2, -0.15) is 0 Å². The lowest BCUT2D eigenvalue weighted by Gasteiger charge is -2.34. The van der Waals surface area contributed by atoms with E-state index in [-0.39, 0.29) is 6.71 Å². The number of aromatic nitrogens is 5. The average molecular weight is 1100 g/mol. The van der Waals surface area contributed by atoms with Gasteiger partial charge in [0.15, 0.2) is 17.5 Å². The predicted octanol–water partition coefficient (Wildman–Crippen LogP) is 18.2. The van der Waals surface area contributed by atoms with Crippen molar-refractivity contribution in [1.82, 2.24) is 24.1 Å². The maximum absolute atomic E-state index is 5.73. The Labute approximate surface area is 503 Å². The van der Waals surface area contributed by atoms with Crippen molar-refractivity contribution in [3.05, 3.63) is 303 Å². The van der Waals surface area contributed by atoms with Crippen LogP contribution >= 0.6 is 0 Å². The van der Waals surface area contributed by atoms with Crippen LogP contribution in [0.4, 0.5) is 0 Å². The molecule has 2 aliphatic heterocycles. The standard InChI is InChI=1S/C81H50BN5/c1-7-21-51(22-8-1)57-37-39-72-68(47-57)66-33-19-35-70-77(66)86(72)74-49-65(50-75-76(74)82(70)71-36-20-34-67-69-48-58(52-23-9-2-10-24-52)38-40-73(69)87(75)78(67)71)81-84-79(63-43-59(53-25-11-3-12-26-53)41-60(44-63)54-27-13-4-14-28-54)83-80(85-81)64-45-61(55-29-15-5-16-30-55)42-62(46-64)56-31-17-6-18-32-56/h1-50H. The Balaban J connectivity index is 0.948. The first-order chi connectivity index (χ1) is 43.1. The Kier molecular flexibility index (Phi) is 11.0.